The van der Waals surface area contributed by atoms with Gasteiger partial charge in [-0.15, -0.1) is 0 Å². The highest BCUT2D eigenvalue weighted by Crippen LogP contribution is 2.57. The molecule has 0 bridgehead atoms. The predicted molar refractivity (Wildman–Crippen MR) is 339 cm³/mol. The number of rotatable bonds is 9. The Morgan fingerprint density at radius 2 is 0.494 bits per heavy atom. The zero-order valence-electron chi connectivity index (χ0n) is 46.1. The molecule has 386 valence electrons. The average molecular weight is 1040 g/mol. The van der Waals surface area contributed by atoms with Gasteiger partial charge in [-0.05, 0) is 173 Å². The van der Waals surface area contributed by atoms with Crippen molar-refractivity contribution in [2.45, 2.75) is 43.9 Å². The highest BCUT2D eigenvalue weighted by Gasteiger charge is 2.44. The molecule has 2 nitrogen and oxygen atoms in total. The number of anilines is 6. The van der Waals surface area contributed by atoms with Crippen molar-refractivity contribution < 1.29 is 0 Å². The minimum absolute atomic E-state index is 0.102. The van der Waals surface area contributed by atoms with Gasteiger partial charge in [0.05, 0.1) is 5.41 Å². The molecule has 15 rings (SSSR count). The lowest BCUT2D eigenvalue weighted by molar-refractivity contribution is 0.660. The second-order valence-corrected chi connectivity index (χ2v) is 23.2. The van der Waals surface area contributed by atoms with Gasteiger partial charge in [-0.25, -0.2) is 0 Å². The van der Waals surface area contributed by atoms with Crippen molar-refractivity contribution in [3.63, 3.8) is 0 Å². The molecule has 0 radical (unpaired) electrons. The minimum atomic E-state index is -0.625. The molecule has 3 aliphatic rings. The first-order valence-electron chi connectivity index (χ1n) is 28.5. The number of hydrogen-bond donors (Lipinski definition) is 0. The second-order valence-electron chi connectivity index (χ2n) is 23.2. The van der Waals surface area contributed by atoms with Crippen LogP contribution in [-0.2, 0) is 16.2 Å². The van der Waals surface area contributed by atoms with E-state index in [4.69, 9.17) is 0 Å². The van der Waals surface area contributed by atoms with Crippen LogP contribution in [0.15, 0.2) is 291 Å². The monoisotopic (exact) mass is 1040 g/mol. The first-order chi connectivity index (χ1) is 39.7. The van der Waals surface area contributed by atoms with Gasteiger partial charge < -0.3 is 9.80 Å². The second kappa shape index (κ2) is 18.7. The molecule has 0 spiro atoms. The van der Waals surface area contributed by atoms with E-state index in [1.807, 2.05) is 0 Å². The Morgan fingerprint density at radius 1 is 0.210 bits per heavy atom. The lowest BCUT2D eigenvalue weighted by Crippen LogP contribution is -2.31. The maximum Gasteiger partial charge on any atom is 0.0713 e. The van der Waals surface area contributed by atoms with Gasteiger partial charge in [-0.2, -0.15) is 0 Å². The van der Waals surface area contributed by atoms with E-state index in [0.29, 0.717) is 0 Å². The molecule has 0 unspecified atom stereocenters. The first-order valence-corrected chi connectivity index (χ1v) is 28.5. The Bertz CT molecular complexity index is 4310. The third kappa shape index (κ3) is 7.47. The molecule has 0 aromatic heterocycles. The van der Waals surface area contributed by atoms with Gasteiger partial charge in [0.25, 0.3) is 0 Å². The number of hydrogen-bond acceptors (Lipinski definition) is 2. The van der Waals surface area contributed by atoms with E-state index >= 15 is 0 Å². The fourth-order valence-corrected chi connectivity index (χ4v) is 14.3. The van der Waals surface area contributed by atoms with E-state index in [1.165, 1.54) is 89.0 Å². The van der Waals surface area contributed by atoms with Crippen LogP contribution < -0.4 is 9.80 Å². The van der Waals surface area contributed by atoms with Crippen molar-refractivity contribution in [2.75, 3.05) is 9.80 Å². The molecule has 12 aromatic rings. The van der Waals surface area contributed by atoms with Crippen LogP contribution in [-0.4, -0.2) is 0 Å². The van der Waals surface area contributed by atoms with E-state index in [1.54, 1.807) is 0 Å². The standard InChI is InChI=1S/C79H60N2/c1-77(2)71-31-17-13-29-67(71)69-49-47-61(51-75(69)77)80(57-23-9-6-10-24-57)58-41-35-53(36-42-58)54-37-43-59(44-38-54)81(62-48-50-70-68-30-14-18-32-72(68)78(3,4)76(70)52-62)60-45-39-56(40-46-60)79(55-21-7-5-8-22-55)73-33-19-15-27-65(73)63-25-11-12-26-64(63)66-28-16-20-34-74(66)79/h5-52H,1-4H3. The lowest BCUT2D eigenvalue weighted by atomic mass is 9.63. The fraction of sp³-hybridized carbons (Fsp3) is 0.0886. The molecule has 0 saturated heterocycles. The molecule has 0 amide bonds. The molecule has 2 heteroatoms. The van der Waals surface area contributed by atoms with Gasteiger partial charge in [0.15, 0.2) is 0 Å². The highest BCUT2D eigenvalue weighted by atomic mass is 15.1. The van der Waals surface area contributed by atoms with Crippen LogP contribution in [0.3, 0.4) is 0 Å². The summed E-state index contributed by atoms with van der Waals surface area (Å²) in [6.45, 7) is 9.45. The zero-order chi connectivity index (χ0) is 54.5. The summed E-state index contributed by atoms with van der Waals surface area (Å²) in [6.07, 6.45) is 0. The van der Waals surface area contributed by atoms with Crippen molar-refractivity contribution in [3.05, 3.63) is 336 Å². The minimum Gasteiger partial charge on any atom is -0.310 e. The van der Waals surface area contributed by atoms with Crippen molar-refractivity contribution >= 4 is 34.1 Å². The van der Waals surface area contributed by atoms with E-state index < -0.39 is 5.41 Å². The third-order valence-corrected chi connectivity index (χ3v) is 18.2. The Morgan fingerprint density at radius 3 is 0.914 bits per heavy atom. The maximum atomic E-state index is 2.45. The summed E-state index contributed by atoms with van der Waals surface area (Å²) >= 11 is 0. The van der Waals surface area contributed by atoms with Gasteiger partial charge in [0.1, 0.15) is 0 Å². The van der Waals surface area contributed by atoms with Crippen LogP contribution in [0.4, 0.5) is 34.1 Å². The number of benzene rings is 12. The smallest absolute Gasteiger partial charge is 0.0713 e. The summed E-state index contributed by atoms with van der Waals surface area (Å²) in [4.78, 5) is 4.84. The van der Waals surface area contributed by atoms with E-state index in [2.05, 4.69) is 329 Å². The topological polar surface area (TPSA) is 6.48 Å². The maximum absolute atomic E-state index is 2.45. The Kier molecular flexibility index (Phi) is 11.2. The SMILES string of the molecule is CC1(C)c2ccccc2-c2ccc(N(c3ccccc3)c3ccc(-c4ccc(N(c5ccc(C6(c7ccccc7)c7ccccc7-c7ccccc7-c7ccccc76)cc5)c5ccc6c(c5)C(C)(C)c5ccccc5-6)cc4)cc3)cc21. The van der Waals surface area contributed by atoms with Crippen LogP contribution in [0, 0.1) is 0 Å². The number of fused-ring (bicyclic) bond motifs is 11. The summed E-state index contributed by atoms with van der Waals surface area (Å²) in [5, 5.41) is 0. The molecule has 0 saturated carbocycles. The van der Waals surface area contributed by atoms with Crippen LogP contribution in [0.25, 0.3) is 55.6 Å². The molecule has 0 atom stereocenters. The third-order valence-electron chi connectivity index (χ3n) is 18.2. The van der Waals surface area contributed by atoms with Gasteiger partial charge in [-0.3, -0.25) is 0 Å². The molecule has 12 aromatic carbocycles. The van der Waals surface area contributed by atoms with Gasteiger partial charge in [0, 0.05) is 45.0 Å². The predicted octanol–water partition coefficient (Wildman–Crippen LogP) is 20.9. The molecule has 81 heavy (non-hydrogen) atoms. The van der Waals surface area contributed by atoms with Crippen molar-refractivity contribution in [2.24, 2.45) is 0 Å². The number of nitrogens with zero attached hydrogens (tertiary/aromatic N) is 2. The molecule has 3 aliphatic carbocycles. The normalized spacial score (nSPS) is 14.2. The quantitative estimate of drug-likeness (QED) is 0.142. The molecular weight excluding hydrogens is 977 g/mol. The largest absolute Gasteiger partial charge is 0.310 e. The van der Waals surface area contributed by atoms with E-state index in [-0.39, 0.29) is 10.8 Å². The number of para-hydroxylation sites is 1. The van der Waals surface area contributed by atoms with E-state index in [0.717, 1.165) is 45.3 Å². The Labute approximate surface area is 476 Å². The lowest BCUT2D eigenvalue weighted by Gasteiger charge is -2.38. The first kappa shape index (κ1) is 48.4. The van der Waals surface area contributed by atoms with Crippen LogP contribution in [0.1, 0.15) is 72.2 Å². The van der Waals surface area contributed by atoms with Crippen molar-refractivity contribution in [1.29, 1.82) is 0 Å². The molecular formula is C79H60N2. The molecule has 0 fully saturated rings. The summed E-state index contributed by atoms with van der Waals surface area (Å²) in [7, 11) is 0. The molecule has 0 heterocycles. The molecule has 0 N–H and O–H groups in total. The van der Waals surface area contributed by atoms with E-state index in [9.17, 15) is 0 Å². The zero-order valence-corrected chi connectivity index (χ0v) is 46.1. The average Bonchev–Trinajstić information content (AvgIpc) is 4.09. The Hall–Kier alpha value is -9.76. The summed E-state index contributed by atoms with van der Waals surface area (Å²) in [5.74, 6) is 0. The Balaban J connectivity index is 0.834. The van der Waals surface area contributed by atoms with Crippen LogP contribution in [0.5, 0.6) is 0 Å². The van der Waals surface area contributed by atoms with Crippen molar-refractivity contribution in [3.8, 4) is 55.6 Å². The fourth-order valence-electron chi connectivity index (χ4n) is 14.3. The van der Waals surface area contributed by atoms with Gasteiger partial charge >= 0.3 is 0 Å². The van der Waals surface area contributed by atoms with Crippen LogP contribution >= 0.6 is 0 Å². The summed E-state index contributed by atoms with van der Waals surface area (Å²) in [5.41, 5.74) is 28.8. The van der Waals surface area contributed by atoms with Crippen LogP contribution in [0.2, 0.25) is 0 Å². The molecule has 0 aliphatic heterocycles. The van der Waals surface area contributed by atoms with Gasteiger partial charge in [-0.1, -0.05) is 246 Å². The summed E-state index contributed by atoms with van der Waals surface area (Å²) < 4.78 is 0. The van der Waals surface area contributed by atoms with Gasteiger partial charge in [0.2, 0.25) is 0 Å². The highest BCUT2D eigenvalue weighted by molar-refractivity contribution is 5.94. The van der Waals surface area contributed by atoms with Crippen molar-refractivity contribution in [1.82, 2.24) is 0 Å². The summed E-state index contributed by atoms with van der Waals surface area (Å²) in [6, 6.07) is 109.